The van der Waals surface area contributed by atoms with Gasteiger partial charge in [0.2, 0.25) is 11.8 Å². The number of ether oxygens (including phenoxy) is 1. The van der Waals surface area contributed by atoms with Crippen molar-refractivity contribution in [1.29, 1.82) is 0 Å². The summed E-state index contributed by atoms with van der Waals surface area (Å²) < 4.78 is 7.40. The van der Waals surface area contributed by atoms with Crippen LogP contribution in [0.3, 0.4) is 0 Å². The average Bonchev–Trinajstić information content (AvgIpc) is 3.16. The third kappa shape index (κ3) is 3.12. The molecule has 5 nitrogen and oxygen atoms in total. The van der Waals surface area contributed by atoms with Crippen molar-refractivity contribution in [3.05, 3.63) is 35.7 Å². The number of nitrogens with one attached hydrogen (secondary N) is 1. The van der Waals surface area contributed by atoms with Crippen LogP contribution in [-0.4, -0.2) is 20.8 Å². The van der Waals surface area contributed by atoms with Crippen molar-refractivity contribution < 1.29 is 4.74 Å². The molecule has 0 atom stereocenters. The summed E-state index contributed by atoms with van der Waals surface area (Å²) in [5.74, 6) is 1.30. The van der Waals surface area contributed by atoms with E-state index in [4.69, 9.17) is 4.74 Å². The first-order chi connectivity index (χ1) is 9.20. The summed E-state index contributed by atoms with van der Waals surface area (Å²) in [7, 11) is 1.86. The van der Waals surface area contributed by atoms with Gasteiger partial charge in [-0.1, -0.05) is 6.07 Å². The highest BCUT2D eigenvalue weighted by Crippen LogP contribution is 2.21. The number of hydrogen-bond donors (Lipinski definition) is 1. The first-order valence-corrected chi connectivity index (χ1v) is 6.57. The van der Waals surface area contributed by atoms with Gasteiger partial charge in [-0.25, -0.2) is 9.67 Å². The monoisotopic (exact) mass is 258 g/mol. The van der Waals surface area contributed by atoms with Gasteiger partial charge in [0.05, 0.1) is 5.69 Å². The van der Waals surface area contributed by atoms with E-state index in [1.807, 2.05) is 38.4 Å². The molecule has 0 radical (unpaired) electrons. The van der Waals surface area contributed by atoms with Gasteiger partial charge in [0.1, 0.15) is 0 Å². The van der Waals surface area contributed by atoms with Crippen molar-refractivity contribution in [2.75, 3.05) is 0 Å². The zero-order valence-corrected chi connectivity index (χ0v) is 11.3. The Morgan fingerprint density at radius 3 is 2.84 bits per heavy atom. The lowest BCUT2D eigenvalue weighted by molar-refractivity contribution is 0.415. The molecule has 1 aliphatic rings. The summed E-state index contributed by atoms with van der Waals surface area (Å²) >= 11 is 0. The minimum atomic E-state index is 0.596. The van der Waals surface area contributed by atoms with Gasteiger partial charge in [-0.3, -0.25) is 0 Å². The Morgan fingerprint density at radius 1 is 1.42 bits per heavy atom. The molecule has 1 N–H and O–H groups in total. The van der Waals surface area contributed by atoms with E-state index >= 15 is 0 Å². The lowest BCUT2D eigenvalue weighted by Gasteiger charge is -2.06. The smallest absolute Gasteiger partial charge is 0.221 e. The zero-order valence-electron chi connectivity index (χ0n) is 11.3. The maximum absolute atomic E-state index is 5.69. The molecule has 2 aromatic heterocycles. The SMILES string of the molecule is Cc1cc(Oc2ccc(CNC3CC3)cn2)n(C)n1. The Bertz CT molecular complexity index is 557. The van der Waals surface area contributed by atoms with Crippen LogP contribution in [-0.2, 0) is 13.6 Å². The van der Waals surface area contributed by atoms with E-state index in [9.17, 15) is 0 Å². The van der Waals surface area contributed by atoms with Crippen molar-refractivity contribution in [3.8, 4) is 11.8 Å². The molecular formula is C14H18N4O. The molecule has 0 saturated heterocycles. The molecule has 3 rings (SSSR count). The molecule has 0 unspecified atom stereocenters. The van der Waals surface area contributed by atoms with E-state index in [2.05, 4.69) is 15.4 Å². The van der Waals surface area contributed by atoms with Gasteiger partial charge in [-0.05, 0) is 25.3 Å². The highest BCUT2D eigenvalue weighted by molar-refractivity contribution is 5.24. The fourth-order valence-electron chi connectivity index (χ4n) is 1.92. The van der Waals surface area contributed by atoms with E-state index < -0.39 is 0 Å². The van der Waals surface area contributed by atoms with E-state index in [1.165, 1.54) is 18.4 Å². The molecule has 0 amide bonds. The second kappa shape index (κ2) is 5.01. The van der Waals surface area contributed by atoms with Gasteiger partial charge in [-0.15, -0.1) is 0 Å². The van der Waals surface area contributed by atoms with Crippen molar-refractivity contribution in [3.63, 3.8) is 0 Å². The predicted octanol–water partition coefficient (Wildman–Crippen LogP) is 2.17. The fraction of sp³-hybridized carbons (Fsp3) is 0.429. The number of nitrogens with zero attached hydrogens (tertiary/aromatic N) is 3. The van der Waals surface area contributed by atoms with Crippen LogP contribution in [0.4, 0.5) is 0 Å². The van der Waals surface area contributed by atoms with Gasteiger partial charge in [0, 0.05) is 38.0 Å². The molecule has 0 spiro atoms. The number of aromatic nitrogens is 3. The second-order valence-electron chi connectivity index (χ2n) is 5.01. The molecule has 100 valence electrons. The largest absolute Gasteiger partial charge is 0.421 e. The molecule has 1 saturated carbocycles. The van der Waals surface area contributed by atoms with Crippen LogP contribution in [0.25, 0.3) is 0 Å². The minimum Gasteiger partial charge on any atom is -0.421 e. The first kappa shape index (κ1) is 12.2. The van der Waals surface area contributed by atoms with Crippen LogP contribution in [0.1, 0.15) is 24.1 Å². The van der Waals surface area contributed by atoms with Crippen LogP contribution in [0.2, 0.25) is 0 Å². The third-order valence-electron chi connectivity index (χ3n) is 3.14. The number of pyridine rings is 1. The average molecular weight is 258 g/mol. The minimum absolute atomic E-state index is 0.596. The van der Waals surface area contributed by atoms with E-state index in [-0.39, 0.29) is 0 Å². The summed E-state index contributed by atoms with van der Waals surface area (Å²) in [6, 6.07) is 6.55. The molecule has 1 aliphatic carbocycles. The molecule has 0 aliphatic heterocycles. The first-order valence-electron chi connectivity index (χ1n) is 6.57. The van der Waals surface area contributed by atoms with E-state index in [0.717, 1.165) is 12.2 Å². The Labute approximate surface area is 112 Å². The van der Waals surface area contributed by atoms with Crippen LogP contribution in [0, 0.1) is 6.92 Å². The summed E-state index contributed by atoms with van der Waals surface area (Å²) in [4.78, 5) is 4.32. The van der Waals surface area contributed by atoms with Gasteiger partial charge in [0.15, 0.2) is 0 Å². The van der Waals surface area contributed by atoms with Crippen LogP contribution in [0.5, 0.6) is 11.8 Å². The van der Waals surface area contributed by atoms with Crippen molar-refractivity contribution in [1.82, 2.24) is 20.1 Å². The van der Waals surface area contributed by atoms with E-state index in [0.29, 0.717) is 17.8 Å². The van der Waals surface area contributed by atoms with E-state index in [1.54, 1.807) is 4.68 Å². The Balaban J connectivity index is 1.63. The summed E-state index contributed by atoms with van der Waals surface area (Å²) in [6.45, 7) is 2.82. The summed E-state index contributed by atoms with van der Waals surface area (Å²) in [6.07, 6.45) is 4.46. The lowest BCUT2D eigenvalue weighted by atomic mass is 10.3. The summed E-state index contributed by atoms with van der Waals surface area (Å²) in [5.41, 5.74) is 2.11. The molecule has 19 heavy (non-hydrogen) atoms. The predicted molar refractivity (Wildman–Crippen MR) is 72.1 cm³/mol. The normalized spacial score (nSPS) is 14.6. The van der Waals surface area contributed by atoms with Gasteiger partial charge in [0.25, 0.3) is 0 Å². The topological polar surface area (TPSA) is 52.0 Å². The standard InChI is InChI=1S/C14H18N4O/c1-10-7-14(18(2)17-10)19-13-6-3-11(9-16-13)8-15-12-4-5-12/h3,6-7,9,12,15H,4-5,8H2,1-2H3. The summed E-state index contributed by atoms with van der Waals surface area (Å²) in [5, 5.41) is 7.69. The number of hydrogen-bond acceptors (Lipinski definition) is 4. The quantitative estimate of drug-likeness (QED) is 0.893. The molecule has 2 heterocycles. The van der Waals surface area contributed by atoms with Crippen molar-refractivity contribution >= 4 is 0 Å². The highest BCUT2D eigenvalue weighted by Gasteiger charge is 2.19. The molecular weight excluding hydrogens is 240 g/mol. The second-order valence-corrected chi connectivity index (χ2v) is 5.01. The molecule has 5 heteroatoms. The number of rotatable bonds is 5. The molecule has 1 fully saturated rings. The number of aryl methyl sites for hydroxylation is 2. The lowest BCUT2D eigenvalue weighted by Crippen LogP contribution is -2.15. The highest BCUT2D eigenvalue weighted by atomic mass is 16.5. The van der Waals surface area contributed by atoms with Crippen molar-refractivity contribution in [2.24, 2.45) is 7.05 Å². The Hall–Kier alpha value is -1.88. The van der Waals surface area contributed by atoms with Crippen LogP contribution < -0.4 is 10.1 Å². The van der Waals surface area contributed by atoms with Crippen LogP contribution in [0.15, 0.2) is 24.4 Å². The van der Waals surface area contributed by atoms with Gasteiger partial charge >= 0.3 is 0 Å². The maximum Gasteiger partial charge on any atom is 0.221 e. The zero-order chi connectivity index (χ0) is 13.2. The van der Waals surface area contributed by atoms with Gasteiger partial charge in [-0.2, -0.15) is 5.10 Å². The molecule has 0 aromatic carbocycles. The Kier molecular flexibility index (Phi) is 3.21. The van der Waals surface area contributed by atoms with Crippen LogP contribution >= 0.6 is 0 Å². The fourth-order valence-corrected chi connectivity index (χ4v) is 1.92. The van der Waals surface area contributed by atoms with Crippen molar-refractivity contribution in [2.45, 2.75) is 32.4 Å². The maximum atomic E-state index is 5.69. The third-order valence-corrected chi connectivity index (χ3v) is 3.14. The van der Waals surface area contributed by atoms with Gasteiger partial charge < -0.3 is 10.1 Å². The molecule has 2 aromatic rings. The molecule has 0 bridgehead atoms. The Morgan fingerprint density at radius 2 is 2.26 bits per heavy atom.